The average molecular weight is 397 g/mol. The molecule has 1 N–H and O–H groups in total. The highest BCUT2D eigenvalue weighted by atomic mass is 16.5. The Bertz CT molecular complexity index is 805. The summed E-state index contributed by atoms with van der Waals surface area (Å²) in [6.07, 6.45) is 0. The first-order chi connectivity index (χ1) is 14.2. The van der Waals surface area contributed by atoms with Crippen molar-refractivity contribution >= 4 is 11.8 Å². The number of carbonyl (C=O) groups excluding carboxylic acids is 2. The lowest BCUT2D eigenvalue weighted by Gasteiger charge is -2.34. The standard InChI is InChI=1S/C22H27N3O4/c1-28-19-9-5-6-10-20(19)29-17-21(26)23-11-12-24-13-15-25(16-14-24)22(27)18-7-3-2-4-8-18/h2-10H,11-17H2,1H3,(H,23,26). The van der Waals surface area contributed by atoms with E-state index < -0.39 is 0 Å². The Morgan fingerprint density at radius 3 is 2.28 bits per heavy atom. The summed E-state index contributed by atoms with van der Waals surface area (Å²) in [6.45, 7) is 4.21. The normalized spacial score (nSPS) is 14.3. The second-order valence-corrected chi connectivity index (χ2v) is 6.79. The number of hydrogen-bond acceptors (Lipinski definition) is 5. The van der Waals surface area contributed by atoms with Gasteiger partial charge in [0.25, 0.3) is 11.8 Å². The molecule has 1 fully saturated rings. The first-order valence-corrected chi connectivity index (χ1v) is 9.76. The molecule has 0 spiro atoms. The van der Waals surface area contributed by atoms with Crippen LogP contribution in [0.15, 0.2) is 54.6 Å². The van der Waals surface area contributed by atoms with Crippen molar-refractivity contribution < 1.29 is 19.1 Å². The minimum absolute atomic E-state index is 0.0558. The number of methoxy groups -OCH3 is 1. The summed E-state index contributed by atoms with van der Waals surface area (Å²) in [6, 6.07) is 16.6. The zero-order valence-corrected chi connectivity index (χ0v) is 16.7. The number of nitrogens with zero attached hydrogens (tertiary/aromatic N) is 2. The Balaban J connectivity index is 1.33. The van der Waals surface area contributed by atoms with Gasteiger partial charge in [0.1, 0.15) is 0 Å². The molecule has 2 amide bonds. The fourth-order valence-electron chi connectivity index (χ4n) is 3.22. The smallest absolute Gasteiger partial charge is 0.257 e. The van der Waals surface area contributed by atoms with Gasteiger partial charge >= 0.3 is 0 Å². The maximum absolute atomic E-state index is 12.5. The number of ether oxygens (including phenoxy) is 2. The SMILES string of the molecule is COc1ccccc1OCC(=O)NCCN1CCN(C(=O)c2ccccc2)CC1. The van der Waals surface area contributed by atoms with Gasteiger partial charge in [-0.15, -0.1) is 0 Å². The largest absolute Gasteiger partial charge is 0.493 e. The Kier molecular flexibility index (Phi) is 7.47. The van der Waals surface area contributed by atoms with Gasteiger partial charge in [-0.05, 0) is 24.3 Å². The van der Waals surface area contributed by atoms with Crippen LogP contribution < -0.4 is 14.8 Å². The van der Waals surface area contributed by atoms with Crippen molar-refractivity contribution in [2.24, 2.45) is 0 Å². The molecule has 0 saturated carbocycles. The van der Waals surface area contributed by atoms with Crippen LogP contribution in [-0.2, 0) is 4.79 Å². The summed E-state index contributed by atoms with van der Waals surface area (Å²) in [5.41, 5.74) is 0.725. The van der Waals surface area contributed by atoms with E-state index in [-0.39, 0.29) is 18.4 Å². The molecule has 1 aliphatic heterocycles. The molecule has 3 rings (SSSR count). The van der Waals surface area contributed by atoms with Crippen LogP contribution in [-0.4, -0.2) is 74.6 Å². The summed E-state index contributed by atoms with van der Waals surface area (Å²) in [4.78, 5) is 28.6. The van der Waals surface area contributed by atoms with Crippen LogP contribution in [0.25, 0.3) is 0 Å². The zero-order chi connectivity index (χ0) is 20.5. The molecule has 2 aromatic rings. The van der Waals surface area contributed by atoms with Crippen molar-refractivity contribution in [3.05, 3.63) is 60.2 Å². The van der Waals surface area contributed by atoms with Crippen LogP contribution >= 0.6 is 0 Å². The number of carbonyl (C=O) groups is 2. The van der Waals surface area contributed by atoms with Crippen molar-refractivity contribution in [1.82, 2.24) is 15.1 Å². The predicted octanol–water partition coefficient (Wildman–Crippen LogP) is 1.65. The van der Waals surface area contributed by atoms with Crippen LogP contribution in [0, 0.1) is 0 Å². The fraction of sp³-hybridized carbons (Fsp3) is 0.364. The van der Waals surface area contributed by atoms with E-state index in [0.29, 0.717) is 31.1 Å². The van der Waals surface area contributed by atoms with Crippen LogP contribution in [0.5, 0.6) is 11.5 Å². The van der Waals surface area contributed by atoms with Crippen molar-refractivity contribution in [3.8, 4) is 11.5 Å². The molecule has 2 aromatic carbocycles. The molecule has 7 heteroatoms. The van der Waals surface area contributed by atoms with Crippen molar-refractivity contribution in [2.75, 3.05) is 53.0 Å². The van der Waals surface area contributed by atoms with Gasteiger partial charge < -0.3 is 19.7 Å². The maximum Gasteiger partial charge on any atom is 0.257 e. The molecular weight excluding hydrogens is 370 g/mol. The molecule has 0 aliphatic carbocycles. The number of piperazine rings is 1. The van der Waals surface area contributed by atoms with E-state index in [4.69, 9.17) is 9.47 Å². The summed E-state index contributed by atoms with van der Waals surface area (Å²) in [5.74, 6) is 1.05. The van der Waals surface area contributed by atoms with Crippen molar-refractivity contribution in [2.45, 2.75) is 0 Å². The van der Waals surface area contributed by atoms with E-state index in [9.17, 15) is 9.59 Å². The fourth-order valence-corrected chi connectivity index (χ4v) is 3.22. The van der Waals surface area contributed by atoms with E-state index in [2.05, 4.69) is 10.2 Å². The van der Waals surface area contributed by atoms with E-state index >= 15 is 0 Å². The maximum atomic E-state index is 12.5. The summed E-state index contributed by atoms with van der Waals surface area (Å²) in [7, 11) is 1.56. The summed E-state index contributed by atoms with van der Waals surface area (Å²) < 4.78 is 10.7. The quantitative estimate of drug-likeness (QED) is 0.733. The lowest BCUT2D eigenvalue weighted by molar-refractivity contribution is -0.123. The second-order valence-electron chi connectivity index (χ2n) is 6.79. The van der Waals surface area contributed by atoms with E-state index in [1.807, 2.05) is 47.4 Å². The Hall–Kier alpha value is -3.06. The van der Waals surface area contributed by atoms with Gasteiger partial charge in [-0.2, -0.15) is 0 Å². The number of nitrogens with one attached hydrogen (secondary N) is 1. The monoisotopic (exact) mass is 397 g/mol. The summed E-state index contributed by atoms with van der Waals surface area (Å²) >= 11 is 0. The molecule has 0 radical (unpaired) electrons. The lowest BCUT2D eigenvalue weighted by atomic mass is 10.2. The minimum Gasteiger partial charge on any atom is -0.493 e. The van der Waals surface area contributed by atoms with Crippen LogP contribution in [0.3, 0.4) is 0 Å². The minimum atomic E-state index is -0.172. The molecule has 29 heavy (non-hydrogen) atoms. The van der Waals surface area contributed by atoms with Crippen LogP contribution in [0.4, 0.5) is 0 Å². The highest BCUT2D eigenvalue weighted by Gasteiger charge is 2.21. The van der Waals surface area contributed by atoms with E-state index in [1.165, 1.54) is 0 Å². The number of rotatable bonds is 8. The average Bonchev–Trinajstić information content (AvgIpc) is 2.78. The van der Waals surface area contributed by atoms with Gasteiger partial charge in [-0.1, -0.05) is 30.3 Å². The summed E-state index contributed by atoms with van der Waals surface area (Å²) in [5, 5.41) is 2.87. The number of para-hydroxylation sites is 2. The second kappa shape index (κ2) is 10.5. The van der Waals surface area contributed by atoms with Crippen molar-refractivity contribution in [1.29, 1.82) is 0 Å². The van der Waals surface area contributed by atoms with Gasteiger partial charge in [0.05, 0.1) is 7.11 Å². The van der Waals surface area contributed by atoms with Crippen LogP contribution in [0.2, 0.25) is 0 Å². The lowest BCUT2D eigenvalue weighted by Crippen LogP contribution is -2.50. The molecule has 1 saturated heterocycles. The van der Waals surface area contributed by atoms with Crippen LogP contribution in [0.1, 0.15) is 10.4 Å². The van der Waals surface area contributed by atoms with Crippen molar-refractivity contribution in [3.63, 3.8) is 0 Å². The Morgan fingerprint density at radius 2 is 1.59 bits per heavy atom. The van der Waals surface area contributed by atoms with E-state index in [0.717, 1.165) is 25.2 Å². The van der Waals surface area contributed by atoms with Gasteiger partial charge in [0.2, 0.25) is 0 Å². The molecule has 0 aromatic heterocycles. The van der Waals surface area contributed by atoms with Gasteiger partial charge in [-0.25, -0.2) is 0 Å². The third-order valence-electron chi connectivity index (χ3n) is 4.86. The highest BCUT2D eigenvalue weighted by Crippen LogP contribution is 2.25. The van der Waals surface area contributed by atoms with Gasteiger partial charge in [0.15, 0.2) is 18.1 Å². The van der Waals surface area contributed by atoms with Gasteiger partial charge in [-0.3, -0.25) is 14.5 Å². The molecule has 0 bridgehead atoms. The third kappa shape index (κ3) is 5.96. The number of benzene rings is 2. The topological polar surface area (TPSA) is 71.1 Å². The molecule has 0 atom stereocenters. The first kappa shape index (κ1) is 20.7. The molecule has 1 heterocycles. The highest BCUT2D eigenvalue weighted by molar-refractivity contribution is 5.94. The molecule has 154 valence electrons. The third-order valence-corrected chi connectivity index (χ3v) is 4.86. The predicted molar refractivity (Wildman–Crippen MR) is 110 cm³/mol. The number of hydrogen-bond donors (Lipinski definition) is 1. The van der Waals surface area contributed by atoms with E-state index in [1.54, 1.807) is 19.2 Å². The Labute approximate surface area is 171 Å². The molecular formula is C22H27N3O4. The molecule has 1 aliphatic rings. The van der Waals surface area contributed by atoms with Gasteiger partial charge in [0, 0.05) is 44.8 Å². The number of amides is 2. The zero-order valence-electron chi connectivity index (χ0n) is 16.7. The Morgan fingerprint density at radius 1 is 0.931 bits per heavy atom. The molecule has 7 nitrogen and oxygen atoms in total. The molecule has 0 unspecified atom stereocenters. The first-order valence-electron chi connectivity index (χ1n) is 9.76.